The maximum absolute atomic E-state index is 10.0. The van der Waals surface area contributed by atoms with E-state index in [1.54, 1.807) is 22.9 Å². The van der Waals surface area contributed by atoms with Gasteiger partial charge in [-0.15, -0.1) is 0 Å². The van der Waals surface area contributed by atoms with Gasteiger partial charge < -0.3 is 5.11 Å². The topological polar surface area (TPSA) is 50.4 Å². The standard InChI is InChI=1S/C12H9N3O/c16-11-10(9-5-2-1-3-6-9)14-12-13-7-4-8-15(11)12/h1-8,16H. The zero-order chi connectivity index (χ0) is 11.0. The molecule has 1 N–H and O–H groups in total. The van der Waals surface area contributed by atoms with Crippen LogP contribution in [0, 0.1) is 0 Å². The second-order valence-electron chi connectivity index (χ2n) is 3.44. The highest BCUT2D eigenvalue weighted by Crippen LogP contribution is 2.28. The Balaban J connectivity index is 2.29. The Hall–Kier alpha value is -2.36. The van der Waals surface area contributed by atoms with E-state index in [4.69, 9.17) is 0 Å². The van der Waals surface area contributed by atoms with Gasteiger partial charge in [0.1, 0.15) is 5.69 Å². The molecule has 2 aromatic heterocycles. The average Bonchev–Trinajstić information content (AvgIpc) is 2.69. The van der Waals surface area contributed by atoms with Gasteiger partial charge in [-0.05, 0) is 6.07 Å². The van der Waals surface area contributed by atoms with E-state index in [-0.39, 0.29) is 5.88 Å². The van der Waals surface area contributed by atoms with Crippen LogP contribution in [0.5, 0.6) is 5.88 Å². The number of aromatic nitrogens is 3. The fourth-order valence-electron chi connectivity index (χ4n) is 1.66. The highest BCUT2D eigenvalue weighted by atomic mass is 16.3. The number of aromatic hydroxyl groups is 1. The Kier molecular flexibility index (Phi) is 1.86. The summed E-state index contributed by atoms with van der Waals surface area (Å²) in [6.45, 7) is 0. The van der Waals surface area contributed by atoms with Crippen molar-refractivity contribution in [2.75, 3.05) is 0 Å². The van der Waals surface area contributed by atoms with Crippen molar-refractivity contribution >= 4 is 5.78 Å². The van der Waals surface area contributed by atoms with Crippen molar-refractivity contribution in [1.29, 1.82) is 0 Å². The summed E-state index contributed by atoms with van der Waals surface area (Å²) in [4.78, 5) is 8.36. The van der Waals surface area contributed by atoms with Crippen LogP contribution in [0.1, 0.15) is 0 Å². The number of rotatable bonds is 1. The molecule has 0 saturated carbocycles. The number of imidazole rings is 1. The summed E-state index contributed by atoms with van der Waals surface area (Å²) in [5.41, 5.74) is 1.44. The molecule has 0 bridgehead atoms. The van der Waals surface area contributed by atoms with Crippen LogP contribution in [0.4, 0.5) is 0 Å². The first-order valence-corrected chi connectivity index (χ1v) is 4.94. The number of nitrogens with zero attached hydrogens (tertiary/aromatic N) is 3. The molecule has 4 nitrogen and oxygen atoms in total. The van der Waals surface area contributed by atoms with Gasteiger partial charge in [0.05, 0.1) is 0 Å². The smallest absolute Gasteiger partial charge is 0.237 e. The number of fused-ring (bicyclic) bond motifs is 1. The summed E-state index contributed by atoms with van der Waals surface area (Å²) < 4.78 is 1.56. The lowest BCUT2D eigenvalue weighted by Gasteiger charge is -1.96. The molecule has 2 heterocycles. The zero-order valence-corrected chi connectivity index (χ0v) is 8.41. The van der Waals surface area contributed by atoms with Gasteiger partial charge in [0.2, 0.25) is 11.7 Å². The van der Waals surface area contributed by atoms with Crippen molar-refractivity contribution in [3.05, 3.63) is 48.8 Å². The average molecular weight is 211 g/mol. The van der Waals surface area contributed by atoms with Gasteiger partial charge in [0.15, 0.2) is 0 Å². The first-order valence-electron chi connectivity index (χ1n) is 4.94. The molecular formula is C12H9N3O. The van der Waals surface area contributed by atoms with Gasteiger partial charge in [-0.25, -0.2) is 9.97 Å². The zero-order valence-electron chi connectivity index (χ0n) is 8.41. The minimum absolute atomic E-state index is 0.120. The van der Waals surface area contributed by atoms with Gasteiger partial charge >= 0.3 is 0 Å². The first kappa shape index (κ1) is 8.91. The monoisotopic (exact) mass is 211 g/mol. The largest absolute Gasteiger partial charge is 0.493 e. The predicted octanol–water partition coefficient (Wildman–Crippen LogP) is 2.10. The summed E-state index contributed by atoms with van der Waals surface area (Å²) in [5, 5.41) is 10.0. The van der Waals surface area contributed by atoms with Gasteiger partial charge in [-0.2, -0.15) is 0 Å². The quantitative estimate of drug-likeness (QED) is 0.670. The van der Waals surface area contributed by atoms with Crippen molar-refractivity contribution in [1.82, 2.24) is 14.4 Å². The third-order valence-corrected chi connectivity index (χ3v) is 2.43. The van der Waals surface area contributed by atoms with Crippen LogP contribution < -0.4 is 0 Å². The molecule has 0 radical (unpaired) electrons. The molecule has 0 fully saturated rings. The normalized spacial score (nSPS) is 10.8. The summed E-state index contributed by atoms with van der Waals surface area (Å²) in [5.74, 6) is 0.619. The SMILES string of the molecule is Oc1c(-c2ccccc2)nc2ncccn12. The van der Waals surface area contributed by atoms with E-state index in [2.05, 4.69) is 9.97 Å². The molecule has 3 aromatic rings. The van der Waals surface area contributed by atoms with Crippen LogP contribution in [-0.4, -0.2) is 19.5 Å². The van der Waals surface area contributed by atoms with E-state index >= 15 is 0 Å². The minimum Gasteiger partial charge on any atom is -0.493 e. The Labute approximate surface area is 91.8 Å². The highest BCUT2D eigenvalue weighted by molar-refractivity contribution is 5.67. The van der Waals surface area contributed by atoms with Crippen LogP contribution in [0.25, 0.3) is 17.0 Å². The molecule has 16 heavy (non-hydrogen) atoms. The molecule has 0 aliphatic rings. The fourth-order valence-corrected chi connectivity index (χ4v) is 1.66. The lowest BCUT2D eigenvalue weighted by Crippen LogP contribution is -1.84. The number of hydrogen-bond acceptors (Lipinski definition) is 3. The van der Waals surface area contributed by atoms with E-state index in [9.17, 15) is 5.11 Å². The molecule has 4 heteroatoms. The molecule has 0 unspecified atom stereocenters. The van der Waals surface area contributed by atoms with E-state index in [0.29, 0.717) is 11.5 Å². The molecule has 0 aliphatic carbocycles. The lowest BCUT2D eigenvalue weighted by molar-refractivity contribution is 0.450. The van der Waals surface area contributed by atoms with Gasteiger partial charge in [0.25, 0.3) is 0 Å². The Morgan fingerprint density at radius 2 is 1.88 bits per heavy atom. The summed E-state index contributed by atoms with van der Waals surface area (Å²) in [6, 6.07) is 11.3. The van der Waals surface area contributed by atoms with Gasteiger partial charge in [0, 0.05) is 18.0 Å². The second kappa shape index (κ2) is 3.34. The summed E-state index contributed by atoms with van der Waals surface area (Å²) in [7, 11) is 0. The summed E-state index contributed by atoms with van der Waals surface area (Å²) >= 11 is 0. The fraction of sp³-hybridized carbons (Fsp3) is 0. The first-order chi connectivity index (χ1) is 7.86. The predicted molar refractivity (Wildman–Crippen MR) is 60.1 cm³/mol. The van der Waals surface area contributed by atoms with Crippen molar-refractivity contribution in [3.8, 4) is 17.1 Å². The molecule has 0 saturated heterocycles. The second-order valence-corrected chi connectivity index (χ2v) is 3.44. The van der Waals surface area contributed by atoms with Crippen LogP contribution in [0.3, 0.4) is 0 Å². The van der Waals surface area contributed by atoms with Crippen molar-refractivity contribution < 1.29 is 5.11 Å². The molecule has 78 valence electrons. The lowest BCUT2D eigenvalue weighted by atomic mass is 10.2. The van der Waals surface area contributed by atoms with Gasteiger partial charge in [-0.1, -0.05) is 30.3 Å². The number of hydrogen-bond donors (Lipinski definition) is 1. The van der Waals surface area contributed by atoms with Crippen LogP contribution in [-0.2, 0) is 0 Å². The molecular weight excluding hydrogens is 202 g/mol. The molecule has 0 spiro atoms. The van der Waals surface area contributed by atoms with Crippen LogP contribution >= 0.6 is 0 Å². The van der Waals surface area contributed by atoms with Crippen molar-refractivity contribution in [2.24, 2.45) is 0 Å². The van der Waals surface area contributed by atoms with Gasteiger partial charge in [-0.3, -0.25) is 4.40 Å². The van der Waals surface area contributed by atoms with E-state index in [1.165, 1.54) is 0 Å². The molecule has 3 rings (SSSR count). The van der Waals surface area contributed by atoms with E-state index < -0.39 is 0 Å². The van der Waals surface area contributed by atoms with E-state index in [1.807, 2.05) is 30.3 Å². The maximum atomic E-state index is 10.0. The van der Waals surface area contributed by atoms with E-state index in [0.717, 1.165) is 5.56 Å². The van der Waals surface area contributed by atoms with Crippen molar-refractivity contribution in [3.63, 3.8) is 0 Å². The third kappa shape index (κ3) is 1.24. The molecule has 0 amide bonds. The Bertz CT molecular complexity index is 631. The highest BCUT2D eigenvalue weighted by Gasteiger charge is 2.12. The van der Waals surface area contributed by atoms with Crippen LogP contribution in [0.2, 0.25) is 0 Å². The van der Waals surface area contributed by atoms with Crippen molar-refractivity contribution in [2.45, 2.75) is 0 Å². The Morgan fingerprint density at radius 1 is 1.06 bits per heavy atom. The number of benzene rings is 1. The minimum atomic E-state index is 0.120. The molecule has 0 atom stereocenters. The maximum Gasteiger partial charge on any atom is 0.237 e. The third-order valence-electron chi connectivity index (χ3n) is 2.43. The molecule has 0 aliphatic heterocycles. The summed E-state index contributed by atoms with van der Waals surface area (Å²) in [6.07, 6.45) is 3.38. The Morgan fingerprint density at radius 3 is 2.62 bits per heavy atom. The molecule has 1 aromatic carbocycles. The van der Waals surface area contributed by atoms with Crippen LogP contribution in [0.15, 0.2) is 48.8 Å².